The second-order valence-electron chi connectivity index (χ2n) is 5.21. The van der Waals surface area contributed by atoms with Gasteiger partial charge in [0.15, 0.2) is 4.77 Å². The number of likely N-dealkylation sites (tertiary alicyclic amines) is 1. The Kier molecular flexibility index (Phi) is 4.08. The number of hydrogen-bond acceptors (Lipinski definition) is 3. The van der Waals surface area contributed by atoms with Crippen molar-refractivity contribution >= 4 is 23.3 Å². The minimum Gasteiger partial charge on any atom is -0.492 e. The standard InChI is InChI=1S/C15H21N3OS/c1-2-19-13-7-5-6-12-14(13)16-15(20)18(12)11-10-17-8-3-4-9-17/h5-7H,2-4,8-11H2,1H3,(H,16,20). The molecule has 20 heavy (non-hydrogen) atoms. The maximum Gasteiger partial charge on any atom is 0.178 e. The molecule has 1 fully saturated rings. The molecule has 2 aromatic rings. The van der Waals surface area contributed by atoms with Gasteiger partial charge in [-0.1, -0.05) is 6.07 Å². The van der Waals surface area contributed by atoms with E-state index in [1.54, 1.807) is 0 Å². The number of H-pyrrole nitrogens is 1. The molecular weight excluding hydrogens is 270 g/mol. The Bertz CT molecular complexity index is 640. The summed E-state index contributed by atoms with van der Waals surface area (Å²) in [6.07, 6.45) is 2.65. The van der Waals surface area contributed by atoms with E-state index in [-0.39, 0.29) is 0 Å². The summed E-state index contributed by atoms with van der Waals surface area (Å²) in [5, 5.41) is 0. The molecule has 1 aliphatic heterocycles. The van der Waals surface area contributed by atoms with Crippen molar-refractivity contribution in [3.63, 3.8) is 0 Å². The second-order valence-corrected chi connectivity index (χ2v) is 5.60. The lowest BCUT2D eigenvalue weighted by atomic mass is 10.3. The van der Waals surface area contributed by atoms with Crippen LogP contribution in [-0.4, -0.2) is 40.7 Å². The quantitative estimate of drug-likeness (QED) is 0.859. The van der Waals surface area contributed by atoms with Gasteiger partial charge < -0.3 is 19.2 Å². The summed E-state index contributed by atoms with van der Waals surface area (Å²) < 4.78 is 8.63. The highest BCUT2D eigenvalue weighted by Gasteiger charge is 2.13. The molecule has 1 aliphatic rings. The van der Waals surface area contributed by atoms with Gasteiger partial charge in [-0.05, 0) is 57.2 Å². The van der Waals surface area contributed by atoms with Crippen molar-refractivity contribution in [3.8, 4) is 5.75 Å². The van der Waals surface area contributed by atoms with Crippen molar-refractivity contribution in [1.82, 2.24) is 14.5 Å². The smallest absolute Gasteiger partial charge is 0.178 e. The number of aromatic nitrogens is 2. The number of fused-ring (bicyclic) bond motifs is 1. The molecule has 0 saturated carbocycles. The van der Waals surface area contributed by atoms with Gasteiger partial charge in [0.05, 0.1) is 12.1 Å². The first-order chi connectivity index (χ1) is 9.79. The number of rotatable bonds is 5. The molecule has 1 aromatic heterocycles. The van der Waals surface area contributed by atoms with E-state index in [2.05, 4.69) is 20.5 Å². The van der Waals surface area contributed by atoms with Gasteiger partial charge in [-0.2, -0.15) is 0 Å². The molecule has 0 aliphatic carbocycles. The highest BCUT2D eigenvalue weighted by molar-refractivity contribution is 7.71. The van der Waals surface area contributed by atoms with Gasteiger partial charge in [-0.25, -0.2) is 0 Å². The average molecular weight is 291 g/mol. The van der Waals surface area contributed by atoms with Crippen molar-refractivity contribution in [1.29, 1.82) is 0 Å². The van der Waals surface area contributed by atoms with E-state index >= 15 is 0 Å². The van der Waals surface area contributed by atoms with Gasteiger partial charge in [0.2, 0.25) is 0 Å². The van der Waals surface area contributed by atoms with Crippen molar-refractivity contribution in [2.45, 2.75) is 26.3 Å². The number of aromatic amines is 1. The number of para-hydroxylation sites is 1. The Balaban J connectivity index is 1.88. The molecule has 1 saturated heterocycles. The molecule has 1 N–H and O–H groups in total. The van der Waals surface area contributed by atoms with Gasteiger partial charge in [0.1, 0.15) is 11.3 Å². The Labute approximate surface area is 124 Å². The lowest BCUT2D eigenvalue weighted by Crippen LogP contribution is -2.24. The molecule has 0 spiro atoms. The summed E-state index contributed by atoms with van der Waals surface area (Å²) in [6.45, 7) is 7.12. The molecule has 0 radical (unpaired) electrons. The van der Waals surface area contributed by atoms with Crippen LogP contribution in [0.25, 0.3) is 11.0 Å². The molecular formula is C15H21N3OS. The maximum atomic E-state index is 5.66. The molecule has 4 nitrogen and oxygen atoms in total. The molecule has 0 bridgehead atoms. The Hall–Kier alpha value is -1.33. The van der Waals surface area contributed by atoms with Crippen LogP contribution in [0.5, 0.6) is 5.75 Å². The van der Waals surface area contributed by atoms with Gasteiger partial charge in [-0.15, -0.1) is 0 Å². The van der Waals surface area contributed by atoms with Crippen LogP contribution in [0.2, 0.25) is 0 Å². The summed E-state index contributed by atoms with van der Waals surface area (Å²) in [5.74, 6) is 0.885. The number of hydrogen-bond donors (Lipinski definition) is 1. The lowest BCUT2D eigenvalue weighted by molar-refractivity contribution is 0.323. The molecule has 5 heteroatoms. The van der Waals surface area contributed by atoms with Gasteiger partial charge >= 0.3 is 0 Å². The Morgan fingerprint density at radius 3 is 2.80 bits per heavy atom. The fraction of sp³-hybridized carbons (Fsp3) is 0.533. The first kappa shape index (κ1) is 13.6. The van der Waals surface area contributed by atoms with Crippen LogP contribution >= 0.6 is 12.2 Å². The SMILES string of the molecule is CCOc1cccc2c1[nH]c(=S)n2CCN1CCCC1. The molecule has 1 aromatic carbocycles. The summed E-state index contributed by atoms with van der Waals surface area (Å²) in [5.41, 5.74) is 2.15. The van der Waals surface area contributed by atoms with Crippen LogP contribution in [0.4, 0.5) is 0 Å². The zero-order valence-corrected chi connectivity index (χ0v) is 12.7. The lowest BCUT2D eigenvalue weighted by Gasteiger charge is -2.15. The normalized spacial score (nSPS) is 16.1. The topological polar surface area (TPSA) is 33.2 Å². The number of nitrogens with zero attached hydrogens (tertiary/aromatic N) is 2. The maximum absolute atomic E-state index is 5.66. The van der Waals surface area contributed by atoms with Crippen LogP contribution in [0.1, 0.15) is 19.8 Å². The van der Waals surface area contributed by atoms with E-state index in [4.69, 9.17) is 17.0 Å². The van der Waals surface area contributed by atoms with Gasteiger partial charge in [-0.3, -0.25) is 0 Å². The minimum atomic E-state index is 0.665. The third-order valence-electron chi connectivity index (χ3n) is 3.91. The predicted octanol–water partition coefficient (Wildman–Crippen LogP) is 3.19. The molecule has 108 valence electrons. The Morgan fingerprint density at radius 2 is 2.05 bits per heavy atom. The molecule has 3 rings (SSSR count). The molecule has 0 atom stereocenters. The summed E-state index contributed by atoms with van der Waals surface area (Å²) in [7, 11) is 0. The minimum absolute atomic E-state index is 0.665. The van der Waals surface area contributed by atoms with E-state index in [0.29, 0.717) is 6.61 Å². The van der Waals surface area contributed by atoms with E-state index < -0.39 is 0 Å². The first-order valence-corrected chi connectivity index (χ1v) is 7.77. The summed E-state index contributed by atoms with van der Waals surface area (Å²) in [6, 6.07) is 6.12. The van der Waals surface area contributed by atoms with Gasteiger partial charge in [0.25, 0.3) is 0 Å². The van der Waals surface area contributed by atoms with Crippen LogP contribution in [0, 0.1) is 4.77 Å². The monoisotopic (exact) mass is 291 g/mol. The summed E-state index contributed by atoms with van der Waals surface area (Å²) in [4.78, 5) is 5.80. The zero-order chi connectivity index (χ0) is 13.9. The van der Waals surface area contributed by atoms with E-state index in [0.717, 1.165) is 34.6 Å². The molecule has 2 heterocycles. The van der Waals surface area contributed by atoms with Crippen molar-refractivity contribution in [3.05, 3.63) is 23.0 Å². The zero-order valence-electron chi connectivity index (χ0n) is 11.9. The third-order valence-corrected chi connectivity index (χ3v) is 4.23. The second kappa shape index (κ2) is 5.97. The fourth-order valence-corrected chi connectivity index (χ4v) is 3.19. The van der Waals surface area contributed by atoms with Crippen LogP contribution in [0.3, 0.4) is 0 Å². The highest BCUT2D eigenvalue weighted by atomic mass is 32.1. The van der Waals surface area contributed by atoms with Crippen molar-refractivity contribution in [2.75, 3.05) is 26.2 Å². The molecule has 0 unspecified atom stereocenters. The van der Waals surface area contributed by atoms with E-state index in [1.807, 2.05) is 19.1 Å². The van der Waals surface area contributed by atoms with E-state index in [1.165, 1.54) is 25.9 Å². The van der Waals surface area contributed by atoms with Crippen molar-refractivity contribution in [2.24, 2.45) is 0 Å². The summed E-state index contributed by atoms with van der Waals surface area (Å²) >= 11 is 5.47. The van der Waals surface area contributed by atoms with Crippen LogP contribution in [-0.2, 0) is 6.54 Å². The van der Waals surface area contributed by atoms with Crippen LogP contribution in [0.15, 0.2) is 18.2 Å². The third kappa shape index (κ3) is 2.60. The number of nitrogens with one attached hydrogen (secondary N) is 1. The Morgan fingerprint density at radius 1 is 1.25 bits per heavy atom. The van der Waals surface area contributed by atoms with Crippen molar-refractivity contribution < 1.29 is 4.74 Å². The van der Waals surface area contributed by atoms with Crippen LogP contribution < -0.4 is 4.74 Å². The average Bonchev–Trinajstić information content (AvgIpc) is 3.05. The molecule has 0 amide bonds. The number of benzene rings is 1. The van der Waals surface area contributed by atoms with E-state index in [9.17, 15) is 0 Å². The highest BCUT2D eigenvalue weighted by Crippen LogP contribution is 2.25. The number of ether oxygens (including phenoxy) is 1. The number of imidazole rings is 1. The van der Waals surface area contributed by atoms with Gasteiger partial charge in [0, 0.05) is 13.1 Å². The first-order valence-electron chi connectivity index (χ1n) is 7.36. The largest absolute Gasteiger partial charge is 0.492 e. The predicted molar refractivity (Wildman–Crippen MR) is 84.0 cm³/mol. The fourth-order valence-electron chi connectivity index (χ4n) is 2.90.